The molecule has 0 aliphatic carbocycles. The smallest absolute Gasteiger partial charge is 0.417 e. The minimum absolute atomic E-state index is 0.102. The average molecular weight is 461 g/mol. The van der Waals surface area contributed by atoms with Gasteiger partial charge in [0.1, 0.15) is 11.5 Å². The van der Waals surface area contributed by atoms with Crippen LogP contribution in [0.2, 0.25) is 0 Å². The first-order valence-corrected chi connectivity index (χ1v) is 10.8. The Kier molecular flexibility index (Phi) is 5.91. The van der Waals surface area contributed by atoms with Gasteiger partial charge in [0.15, 0.2) is 0 Å². The molecule has 2 saturated heterocycles. The van der Waals surface area contributed by atoms with Crippen LogP contribution in [0.25, 0.3) is 0 Å². The number of nitriles is 1. The number of alkyl halides is 3. The zero-order valence-electron chi connectivity index (χ0n) is 18.8. The lowest BCUT2D eigenvalue weighted by atomic mass is 9.73. The van der Waals surface area contributed by atoms with Crippen molar-refractivity contribution in [1.82, 2.24) is 4.90 Å². The third kappa shape index (κ3) is 4.20. The lowest BCUT2D eigenvalue weighted by molar-refractivity contribution is -0.137. The number of hydrogen-bond acceptors (Lipinski definition) is 5. The Bertz CT molecular complexity index is 1100. The normalized spacial score (nSPS) is 22.9. The summed E-state index contributed by atoms with van der Waals surface area (Å²) < 4.78 is 51.5. The zero-order valence-corrected chi connectivity index (χ0v) is 18.8. The second-order valence-electron chi connectivity index (χ2n) is 9.05. The van der Waals surface area contributed by atoms with Crippen LogP contribution in [-0.4, -0.2) is 50.7 Å². The molecular formula is C24H26F3N3O3. The van der Waals surface area contributed by atoms with Gasteiger partial charge in [-0.15, -0.1) is 0 Å². The maximum atomic E-state index is 13.5. The largest absolute Gasteiger partial charge is 0.466 e. The number of piperidine rings is 1. The molecule has 2 aromatic rings. The van der Waals surface area contributed by atoms with Gasteiger partial charge in [-0.05, 0) is 50.5 Å². The van der Waals surface area contributed by atoms with E-state index in [2.05, 4.69) is 0 Å². The van der Waals surface area contributed by atoms with Gasteiger partial charge >= 0.3 is 6.18 Å². The van der Waals surface area contributed by atoms with Crippen molar-refractivity contribution in [1.29, 1.82) is 5.26 Å². The molecule has 33 heavy (non-hydrogen) atoms. The second kappa shape index (κ2) is 8.41. The number of amides is 1. The molecule has 3 heterocycles. The molecule has 1 aromatic carbocycles. The Hall–Kier alpha value is -2.99. The minimum atomic E-state index is -4.61. The minimum Gasteiger partial charge on any atom is -0.466 e. The van der Waals surface area contributed by atoms with E-state index in [4.69, 9.17) is 14.4 Å². The molecule has 4 rings (SSSR count). The van der Waals surface area contributed by atoms with E-state index in [1.165, 1.54) is 6.07 Å². The van der Waals surface area contributed by atoms with E-state index in [9.17, 15) is 18.0 Å². The lowest BCUT2D eigenvalue weighted by Gasteiger charge is -2.43. The zero-order chi connectivity index (χ0) is 24.0. The van der Waals surface area contributed by atoms with Crippen molar-refractivity contribution in [2.24, 2.45) is 11.3 Å². The molecule has 0 unspecified atom stereocenters. The molecular weight excluding hydrogens is 435 g/mol. The molecule has 6 nitrogen and oxygen atoms in total. The van der Waals surface area contributed by atoms with E-state index >= 15 is 0 Å². The monoisotopic (exact) mass is 461 g/mol. The fraction of sp³-hybridized carbons (Fsp3) is 0.500. The van der Waals surface area contributed by atoms with Gasteiger partial charge in [0.05, 0.1) is 29.4 Å². The highest BCUT2D eigenvalue weighted by Gasteiger charge is 2.51. The van der Waals surface area contributed by atoms with Crippen LogP contribution < -0.4 is 4.90 Å². The molecule has 2 aliphatic heterocycles. The molecule has 0 spiro atoms. The fourth-order valence-corrected chi connectivity index (χ4v) is 5.32. The molecule has 0 bridgehead atoms. The number of halogens is 3. The van der Waals surface area contributed by atoms with Gasteiger partial charge in [0, 0.05) is 44.4 Å². The molecule has 1 amide bonds. The highest BCUT2D eigenvalue weighted by Crippen LogP contribution is 2.45. The van der Waals surface area contributed by atoms with Gasteiger partial charge in [-0.1, -0.05) is 0 Å². The number of hydrogen-bond donors (Lipinski definition) is 0. The molecule has 0 radical (unpaired) electrons. The number of carbonyl (C=O) groups is 1. The maximum absolute atomic E-state index is 13.5. The van der Waals surface area contributed by atoms with E-state index in [-0.39, 0.29) is 11.8 Å². The molecule has 2 fully saturated rings. The first kappa shape index (κ1) is 23.2. The molecule has 1 aromatic heterocycles. The predicted octanol–water partition coefficient (Wildman–Crippen LogP) is 4.40. The van der Waals surface area contributed by atoms with Crippen molar-refractivity contribution >= 4 is 11.6 Å². The summed E-state index contributed by atoms with van der Waals surface area (Å²) in [7, 11) is 1.60. The van der Waals surface area contributed by atoms with Crippen LogP contribution in [0.5, 0.6) is 0 Å². The van der Waals surface area contributed by atoms with Crippen LogP contribution >= 0.6 is 0 Å². The van der Waals surface area contributed by atoms with Gasteiger partial charge in [0.25, 0.3) is 5.91 Å². The Morgan fingerprint density at radius 2 is 2.06 bits per heavy atom. The second-order valence-corrected chi connectivity index (χ2v) is 9.05. The summed E-state index contributed by atoms with van der Waals surface area (Å²) in [6, 6.07) is 7.21. The Morgan fingerprint density at radius 3 is 2.67 bits per heavy atom. The number of fused-ring (bicyclic) bond motifs is 1. The van der Waals surface area contributed by atoms with Crippen molar-refractivity contribution < 1.29 is 27.1 Å². The van der Waals surface area contributed by atoms with E-state index < -0.39 is 22.7 Å². The van der Waals surface area contributed by atoms with Crippen LogP contribution in [0.1, 0.15) is 39.4 Å². The van der Waals surface area contributed by atoms with Crippen molar-refractivity contribution in [2.45, 2.75) is 26.4 Å². The first-order chi connectivity index (χ1) is 15.6. The standard InChI is InChI=1S/C24H26F3N3O3/c1-15-8-20(16(2)33-15)22(31)29-7-6-18-11-30(13-23(18,12-29)14-32-3)19-5-4-17(10-28)21(9-19)24(25,26)27/h4-5,8-9,18H,6-7,11-14H2,1-3H3/t18-,23+/m1/s1. The topological polar surface area (TPSA) is 69.7 Å². The number of furan rings is 1. The third-order valence-corrected chi connectivity index (χ3v) is 6.85. The van der Waals surface area contributed by atoms with Crippen LogP contribution in [0.15, 0.2) is 28.7 Å². The van der Waals surface area contributed by atoms with E-state index in [0.717, 1.165) is 12.5 Å². The van der Waals surface area contributed by atoms with Crippen molar-refractivity contribution in [3.8, 4) is 6.07 Å². The van der Waals surface area contributed by atoms with Crippen molar-refractivity contribution in [3.05, 3.63) is 52.5 Å². The number of anilines is 1. The predicted molar refractivity (Wildman–Crippen MR) is 115 cm³/mol. The van der Waals surface area contributed by atoms with Gasteiger partial charge in [-0.3, -0.25) is 4.79 Å². The van der Waals surface area contributed by atoms with Gasteiger partial charge in [0.2, 0.25) is 0 Å². The number of rotatable bonds is 4. The number of carbonyl (C=O) groups excluding carboxylic acids is 1. The average Bonchev–Trinajstić information content (AvgIpc) is 3.31. The highest BCUT2D eigenvalue weighted by atomic mass is 19.4. The van der Waals surface area contributed by atoms with Crippen LogP contribution in [-0.2, 0) is 10.9 Å². The molecule has 2 aliphatic rings. The number of likely N-dealkylation sites (tertiary alicyclic amines) is 1. The van der Waals surface area contributed by atoms with Crippen molar-refractivity contribution in [2.75, 3.05) is 44.8 Å². The van der Waals surface area contributed by atoms with Crippen LogP contribution in [0.3, 0.4) is 0 Å². The van der Waals surface area contributed by atoms with Gasteiger partial charge < -0.3 is 19.0 Å². The first-order valence-electron chi connectivity index (χ1n) is 10.8. The molecule has 176 valence electrons. The molecule has 0 N–H and O–H groups in total. The van der Waals surface area contributed by atoms with Crippen molar-refractivity contribution in [3.63, 3.8) is 0 Å². The number of benzene rings is 1. The third-order valence-electron chi connectivity index (χ3n) is 6.85. The lowest BCUT2D eigenvalue weighted by Crippen LogP contribution is -2.53. The number of methoxy groups -OCH3 is 1. The van der Waals surface area contributed by atoms with E-state index in [1.54, 1.807) is 44.1 Å². The van der Waals surface area contributed by atoms with Crippen LogP contribution in [0.4, 0.5) is 18.9 Å². The molecule has 2 atom stereocenters. The Balaban J connectivity index is 1.61. The number of nitrogens with zero attached hydrogens (tertiary/aromatic N) is 3. The highest BCUT2D eigenvalue weighted by molar-refractivity contribution is 5.95. The number of aryl methyl sites for hydroxylation is 2. The van der Waals surface area contributed by atoms with E-state index in [0.29, 0.717) is 55.6 Å². The fourth-order valence-electron chi connectivity index (χ4n) is 5.32. The summed E-state index contributed by atoms with van der Waals surface area (Å²) in [6.07, 6.45) is -3.88. The maximum Gasteiger partial charge on any atom is 0.417 e. The SMILES string of the molecule is COC[C@@]12CN(C(=O)c3cc(C)oc3C)CC[C@@H]1CN(c1ccc(C#N)c(C(F)(F)F)c1)C2. The quantitative estimate of drug-likeness (QED) is 0.675. The Labute approximate surface area is 190 Å². The summed E-state index contributed by atoms with van der Waals surface area (Å²) in [5.41, 5.74) is -0.764. The van der Waals surface area contributed by atoms with Crippen LogP contribution in [0, 0.1) is 36.5 Å². The van der Waals surface area contributed by atoms with Gasteiger partial charge in [-0.2, -0.15) is 18.4 Å². The summed E-state index contributed by atoms with van der Waals surface area (Å²) in [5.74, 6) is 1.31. The summed E-state index contributed by atoms with van der Waals surface area (Å²) in [6.45, 7) is 5.99. The van der Waals surface area contributed by atoms with Gasteiger partial charge in [-0.25, -0.2) is 0 Å². The van der Waals surface area contributed by atoms with E-state index in [1.807, 2.05) is 4.90 Å². The molecule has 9 heteroatoms. The Morgan fingerprint density at radius 1 is 1.30 bits per heavy atom. The number of ether oxygens (including phenoxy) is 1. The molecule has 0 saturated carbocycles. The summed E-state index contributed by atoms with van der Waals surface area (Å²) >= 11 is 0. The summed E-state index contributed by atoms with van der Waals surface area (Å²) in [4.78, 5) is 16.9. The summed E-state index contributed by atoms with van der Waals surface area (Å²) in [5, 5.41) is 9.09.